The average Bonchev–Trinajstić information content (AvgIpc) is 2.57. The highest BCUT2D eigenvalue weighted by molar-refractivity contribution is 5.93. The molecule has 0 unspecified atom stereocenters. The number of hydrogen-bond acceptors (Lipinski definition) is 3. The van der Waals surface area contributed by atoms with Gasteiger partial charge in [-0.25, -0.2) is 4.79 Å². The topological polar surface area (TPSA) is 46.5 Å². The van der Waals surface area contributed by atoms with Gasteiger partial charge in [-0.3, -0.25) is 0 Å². The molecule has 72 valence electrons. The fourth-order valence-corrected chi connectivity index (χ4v) is 1.45. The molecule has 1 aromatic carbocycles. The minimum atomic E-state index is -0.252. The van der Waals surface area contributed by atoms with E-state index in [2.05, 4.69) is 0 Å². The first-order valence-corrected chi connectivity index (χ1v) is 4.38. The summed E-state index contributed by atoms with van der Waals surface area (Å²) in [7, 11) is 0. The number of ether oxygens (including phenoxy) is 1. The lowest BCUT2D eigenvalue weighted by Gasteiger charge is -1.96. The maximum absolute atomic E-state index is 11.1. The number of carbonyl (C=O) groups is 1. The number of rotatable bonds is 2. The first-order chi connectivity index (χ1) is 6.81. The molecule has 0 saturated heterocycles. The Bertz CT molecular complexity index is 394. The van der Waals surface area contributed by atoms with E-state index in [1.54, 1.807) is 12.1 Å². The highest BCUT2D eigenvalue weighted by Crippen LogP contribution is 2.21. The zero-order valence-corrected chi connectivity index (χ0v) is 7.56. The Kier molecular flexibility index (Phi) is 2.33. The van der Waals surface area contributed by atoms with Gasteiger partial charge in [0.2, 0.25) is 0 Å². The summed E-state index contributed by atoms with van der Waals surface area (Å²) >= 11 is 0. The van der Waals surface area contributed by atoms with E-state index in [-0.39, 0.29) is 12.6 Å². The molecule has 0 aromatic heterocycles. The molecule has 0 atom stereocenters. The number of aliphatic hydroxyl groups excluding tert-OH is 1. The summed E-state index contributed by atoms with van der Waals surface area (Å²) in [5.41, 5.74) is 2.53. The summed E-state index contributed by atoms with van der Waals surface area (Å²) in [6.07, 6.45) is 3.46. The maximum Gasteiger partial charge on any atom is 0.338 e. The van der Waals surface area contributed by atoms with Gasteiger partial charge in [0.1, 0.15) is 6.61 Å². The zero-order chi connectivity index (χ0) is 9.97. The SMILES string of the molecule is O=C1OCc2cc(C=CCO)ccc21. The Morgan fingerprint density at radius 1 is 1.50 bits per heavy atom. The second-order valence-corrected chi connectivity index (χ2v) is 3.08. The Morgan fingerprint density at radius 3 is 3.14 bits per heavy atom. The van der Waals surface area contributed by atoms with Crippen LogP contribution in [0.5, 0.6) is 0 Å². The molecular formula is C11H10O3. The molecule has 1 aliphatic rings. The van der Waals surface area contributed by atoms with Crippen LogP contribution in [0.25, 0.3) is 6.08 Å². The first kappa shape index (κ1) is 8.97. The average molecular weight is 190 g/mol. The Hall–Kier alpha value is -1.61. The molecule has 0 spiro atoms. The van der Waals surface area contributed by atoms with Crippen LogP contribution in [-0.4, -0.2) is 17.7 Å². The van der Waals surface area contributed by atoms with E-state index in [0.717, 1.165) is 11.1 Å². The van der Waals surface area contributed by atoms with Gasteiger partial charge < -0.3 is 9.84 Å². The summed E-state index contributed by atoms with van der Waals surface area (Å²) in [6, 6.07) is 5.48. The highest BCUT2D eigenvalue weighted by Gasteiger charge is 2.20. The number of cyclic esters (lactones) is 1. The lowest BCUT2D eigenvalue weighted by Crippen LogP contribution is -1.92. The Balaban J connectivity index is 2.32. The van der Waals surface area contributed by atoms with Crippen molar-refractivity contribution in [2.75, 3.05) is 6.61 Å². The molecule has 2 rings (SSSR count). The van der Waals surface area contributed by atoms with Crippen molar-refractivity contribution in [3.63, 3.8) is 0 Å². The summed E-state index contributed by atoms with van der Waals surface area (Å²) in [6.45, 7) is 0.376. The van der Waals surface area contributed by atoms with Gasteiger partial charge in [0.05, 0.1) is 12.2 Å². The van der Waals surface area contributed by atoms with Crippen LogP contribution in [0.1, 0.15) is 21.5 Å². The minimum Gasteiger partial charge on any atom is -0.457 e. The summed E-state index contributed by atoms with van der Waals surface area (Å²) in [5, 5.41) is 8.60. The Labute approximate surface area is 81.6 Å². The first-order valence-electron chi connectivity index (χ1n) is 4.38. The quantitative estimate of drug-likeness (QED) is 0.716. The summed E-state index contributed by atoms with van der Waals surface area (Å²) in [4.78, 5) is 11.1. The van der Waals surface area contributed by atoms with E-state index < -0.39 is 0 Å². The fraction of sp³-hybridized carbons (Fsp3) is 0.182. The molecule has 1 aliphatic heterocycles. The van der Waals surface area contributed by atoms with Crippen LogP contribution in [0.15, 0.2) is 24.3 Å². The molecule has 1 N–H and O–H groups in total. The van der Waals surface area contributed by atoms with Crippen molar-refractivity contribution in [1.29, 1.82) is 0 Å². The largest absolute Gasteiger partial charge is 0.457 e. The smallest absolute Gasteiger partial charge is 0.338 e. The van der Waals surface area contributed by atoms with Gasteiger partial charge in [-0.1, -0.05) is 18.2 Å². The molecular weight excluding hydrogens is 180 g/mol. The Morgan fingerprint density at radius 2 is 2.36 bits per heavy atom. The van der Waals surface area contributed by atoms with Crippen molar-refractivity contribution in [2.24, 2.45) is 0 Å². The van der Waals surface area contributed by atoms with Gasteiger partial charge in [0.15, 0.2) is 0 Å². The number of hydrogen-bond donors (Lipinski definition) is 1. The van der Waals surface area contributed by atoms with Gasteiger partial charge in [0.25, 0.3) is 0 Å². The van der Waals surface area contributed by atoms with Crippen LogP contribution >= 0.6 is 0 Å². The van der Waals surface area contributed by atoms with Gasteiger partial charge >= 0.3 is 5.97 Å². The van der Waals surface area contributed by atoms with Crippen molar-refractivity contribution in [3.8, 4) is 0 Å². The second-order valence-electron chi connectivity index (χ2n) is 3.08. The molecule has 3 nitrogen and oxygen atoms in total. The summed E-state index contributed by atoms with van der Waals surface area (Å²) in [5.74, 6) is -0.252. The van der Waals surface area contributed by atoms with E-state index in [4.69, 9.17) is 9.84 Å². The molecule has 0 saturated carbocycles. The van der Waals surface area contributed by atoms with Crippen LogP contribution in [0.3, 0.4) is 0 Å². The standard InChI is InChI=1S/C11H10O3/c12-5-1-2-8-3-4-10-9(6-8)7-14-11(10)13/h1-4,6,12H,5,7H2. The lowest BCUT2D eigenvalue weighted by molar-refractivity contribution is 0.0535. The molecule has 0 amide bonds. The van der Waals surface area contributed by atoms with Crippen molar-refractivity contribution >= 4 is 12.0 Å². The molecule has 0 aliphatic carbocycles. The zero-order valence-electron chi connectivity index (χ0n) is 7.56. The van der Waals surface area contributed by atoms with Crippen molar-refractivity contribution in [1.82, 2.24) is 0 Å². The number of fused-ring (bicyclic) bond motifs is 1. The third-order valence-electron chi connectivity index (χ3n) is 2.12. The number of carbonyl (C=O) groups excluding carboxylic acids is 1. The third-order valence-corrected chi connectivity index (χ3v) is 2.12. The molecule has 0 bridgehead atoms. The maximum atomic E-state index is 11.1. The molecule has 0 fully saturated rings. The fourth-order valence-electron chi connectivity index (χ4n) is 1.45. The van der Waals surface area contributed by atoms with Crippen molar-refractivity contribution in [3.05, 3.63) is 41.0 Å². The summed E-state index contributed by atoms with van der Waals surface area (Å²) < 4.78 is 4.87. The van der Waals surface area contributed by atoms with E-state index in [9.17, 15) is 4.79 Å². The lowest BCUT2D eigenvalue weighted by atomic mass is 10.1. The van der Waals surface area contributed by atoms with Gasteiger partial charge in [-0.15, -0.1) is 0 Å². The van der Waals surface area contributed by atoms with E-state index in [1.807, 2.05) is 18.2 Å². The van der Waals surface area contributed by atoms with Crippen molar-refractivity contribution < 1.29 is 14.6 Å². The molecule has 0 radical (unpaired) electrons. The van der Waals surface area contributed by atoms with Crippen LogP contribution in [-0.2, 0) is 11.3 Å². The molecule has 3 heteroatoms. The number of aliphatic hydroxyl groups is 1. The normalized spacial score (nSPS) is 14.5. The van der Waals surface area contributed by atoms with Crippen LogP contribution in [0.2, 0.25) is 0 Å². The van der Waals surface area contributed by atoms with Crippen LogP contribution in [0, 0.1) is 0 Å². The molecule has 1 aromatic rings. The monoisotopic (exact) mass is 190 g/mol. The molecule has 1 heterocycles. The van der Waals surface area contributed by atoms with Crippen molar-refractivity contribution in [2.45, 2.75) is 6.61 Å². The third kappa shape index (κ3) is 1.54. The van der Waals surface area contributed by atoms with Gasteiger partial charge in [-0.2, -0.15) is 0 Å². The second kappa shape index (κ2) is 3.64. The van der Waals surface area contributed by atoms with Gasteiger partial charge in [-0.05, 0) is 17.7 Å². The number of esters is 1. The highest BCUT2D eigenvalue weighted by atomic mass is 16.5. The predicted molar refractivity (Wildman–Crippen MR) is 51.7 cm³/mol. The van der Waals surface area contributed by atoms with E-state index in [0.29, 0.717) is 12.2 Å². The van der Waals surface area contributed by atoms with E-state index in [1.165, 1.54) is 0 Å². The van der Waals surface area contributed by atoms with Gasteiger partial charge in [0, 0.05) is 5.56 Å². The van der Waals surface area contributed by atoms with E-state index >= 15 is 0 Å². The molecule has 14 heavy (non-hydrogen) atoms. The predicted octanol–water partition coefficient (Wildman–Crippen LogP) is 1.36. The van der Waals surface area contributed by atoms with Crippen LogP contribution < -0.4 is 0 Å². The minimum absolute atomic E-state index is 0.0204. The van der Waals surface area contributed by atoms with Crippen LogP contribution in [0.4, 0.5) is 0 Å². The number of benzene rings is 1.